The number of para-hydroxylation sites is 1. The second kappa shape index (κ2) is 9.98. The van der Waals surface area contributed by atoms with Crippen molar-refractivity contribution in [3.05, 3.63) is 60.2 Å². The average molecular weight is 420 g/mol. The molecule has 0 unspecified atom stereocenters. The van der Waals surface area contributed by atoms with E-state index in [0.29, 0.717) is 19.6 Å². The van der Waals surface area contributed by atoms with Crippen LogP contribution in [0.25, 0.3) is 0 Å². The molecular formula is C23H27F3N2O2. The Morgan fingerprint density at radius 1 is 1.10 bits per heavy atom. The van der Waals surface area contributed by atoms with E-state index in [-0.39, 0.29) is 17.7 Å². The zero-order valence-corrected chi connectivity index (χ0v) is 17.1. The second-order valence-electron chi connectivity index (χ2n) is 7.40. The molecule has 1 amide bonds. The number of nitrogens with zero attached hydrogens (tertiary/aromatic N) is 2. The first-order chi connectivity index (χ1) is 14.4. The maximum absolute atomic E-state index is 12.8. The van der Waals surface area contributed by atoms with Gasteiger partial charge in [0, 0.05) is 37.8 Å². The van der Waals surface area contributed by atoms with Gasteiger partial charge in [-0.2, -0.15) is 13.2 Å². The summed E-state index contributed by atoms with van der Waals surface area (Å²) < 4.78 is 43.9. The van der Waals surface area contributed by atoms with Crippen LogP contribution in [0.1, 0.15) is 31.7 Å². The van der Waals surface area contributed by atoms with Crippen molar-refractivity contribution in [2.24, 2.45) is 0 Å². The lowest BCUT2D eigenvalue weighted by Gasteiger charge is -2.38. The molecule has 0 spiro atoms. The third kappa shape index (κ3) is 5.75. The van der Waals surface area contributed by atoms with E-state index < -0.39 is 11.7 Å². The number of rotatable bonds is 7. The molecule has 2 aromatic carbocycles. The van der Waals surface area contributed by atoms with E-state index in [2.05, 4.69) is 4.90 Å². The summed E-state index contributed by atoms with van der Waals surface area (Å²) >= 11 is 0. The number of hydrogen-bond acceptors (Lipinski definition) is 3. The van der Waals surface area contributed by atoms with E-state index in [0.717, 1.165) is 43.8 Å². The molecule has 0 atom stereocenters. The predicted octanol–water partition coefficient (Wildman–Crippen LogP) is 4.99. The minimum atomic E-state index is -4.37. The molecule has 1 aliphatic heterocycles. The van der Waals surface area contributed by atoms with Gasteiger partial charge in [-0.05, 0) is 43.2 Å². The minimum absolute atomic E-state index is 0.118. The highest BCUT2D eigenvalue weighted by Gasteiger charge is 2.31. The molecule has 1 heterocycles. The smallest absolute Gasteiger partial charge is 0.416 e. The van der Waals surface area contributed by atoms with Crippen molar-refractivity contribution >= 4 is 11.6 Å². The lowest BCUT2D eigenvalue weighted by Crippen LogP contribution is -2.48. The van der Waals surface area contributed by atoms with Crippen LogP contribution in [0.2, 0.25) is 0 Å². The van der Waals surface area contributed by atoms with Crippen molar-refractivity contribution in [3.63, 3.8) is 0 Å². The number of amides is 1. The van der Waals surface area contributed by atoms with Crippen molar-refractivity contribution in [2.45, 2.75) is 38.4 Å². The van der Waals surface area contributed by atoms with Crippen molar-refractivity contribution < 1.29 is 22.7 Å². The zero-order chi connectivity index (χ0) is 21.6. The van der Waals surface area contributed by atoms with E-state index in [9.17, 15) is 18.0 Å². The van der Waals surface area contributed by atoms with E-state index in [4.69, 9.17) is 4.74 Å². The zero-order valence-electron chi connectivity index (χ0n) is 17.1. The van der Waals surface area contributed by atoms with Crippen molar-refractivity contribution in [1.29, 1.82) is 0 Å². The van der Waals surface area contributed by atoms with Gasteiger partial charge < -0.3 is 9.64 Å². The van der Waals surface area contributed by atoms with Gasteiger partial charge in [0.2, 0.25) is 5.91 Å². The fourth-order valence-electron chi connectivity index (χ4n) is 3.77. The molecule has 0 aliphatic carbocycles. The topological polar surface area (TPSA) is 32.8 Å². The summed E-state index contributed by atoms with van der Waals surface area (Å²) in [7, 11) is 0. The van der Waals surface area contributed by atoms with Gasteiger partial charge in [-0.25, -0.2) is 0 Å². The summed E-state index contributed by atoms with van der Waals surface area (Å²) in [5.41, 5.74) is 0.220. The number of alkyl halides is 3. The average Bonchev–Trinajstić information content (AvgIpc) is 2.75. The molecule has 30 heavy (non-hydrogen) atoms. The molecule has 1 aliphatic rings. The number of likely N-dealkylation sites (tertiary alicyclic amines) is 1. The Kier molecular flexibility index (Phi) is 7.37. The molecule has 3 rings (SSSR count). The Morgan fingerprint density at radius 2 is 1.80 bits per heavy atom. The molecule has 1 fully saturated rings. The third-order valence-electron chi connectivity index (χ3n) is 5.37. The predicted molar refractivity (Wildman–Crippen MR) is 111 cm³/mol. The molecule has 7 heteroatoms. The van der Waals surface area contributed by atoms with E-state index in [1.165, 1.54) is 12.1 Å². The van der Waals surface area contributed by atoms with Gasteiger partial charge in [-0.1, -0.05) is 31.2 Å². The van der Waals surface area contributed by atoms with Crippen LogP contribution in [0.5, 0.6) is 5.75 Å². The van der Waals surface area contributed by atoms with Crippen LogP contribution in [0.4, 0.5) is 18.9 Å². The number of piperidine rings is 1. The van der Waals surface area contributed by atoms with Crippen LogP contribution in [0.15, 0.2) is 54.6 Å². The number of carbonyl (C=O) groups is 1. The largest absolute Gasteiger partial charge is 0.492 e. The fourth-order valence-corrected chi connectivity index (χ4v) is 3.77. The highest BCUT2D eigenvalue weighted by molar-refractivity contribution is 5.93. The highest BCUT2D eigenvalue weighted by Crippen LogP contribution is 2.31. The van der Waals surface area contributed by atoms with Gasteiger partial charge in [0.15, 0.2) is 0 Å². The Morgan fingerprint density at radius 3 is 2.43 bits per heavy atom. The first-order valence-corrected chi connectivity index (χ1v) is 10.3. The van der Waals surface area contributed by atoms with Gasteiger partial charge in [0.05, 0.1) is 5.56 Å². The number of anilines is 1. The Labute approximate surface area is 175 Å². The number of benzene rings is 2. The maximum Gasteiger partial charge on any atom is 0.416 e. The molecule has 0 bridgehead atoms. The molecule has 0 N–H and O–H groups in total. The monoisotopic (exact) mass is 420 g/mol. The first-order valence-electron chi connectivity index (χ1n) is 10.3. The highest BCUT2D eigenvalue weighted by atomic mass is 19.4. The van der Waals surface area contributed by atoms with E-state index in [1.807, 2.05) is 42.2 Å². The fraction of sp³-hybridized carbons (Fsp3) is 0.435. The summed E-state index contributed by atoms with van der Waals surface area (Å²) in [5, 5.41) is 0. The molecular weight excluding hydrogens is 393 g/mol. The van der Waals surface area contributed by atoms with Gasteiger partial charge in [-0.3, -0.25) is 9.69 Å². The molecule has 1 saturated heterocycles. The summed E-state index contributed by atoms with van der Waals surface area (Å²) in [6.07, 6.45) is -2.21. The lowest BCUT2D eigenvalue weighted by atomic mass is 10.0. The minimum Gasteiger partial charge on any atom is -0.492 e. The molecule has 4 nitrogen and oxygen atoms in total. The van der Waals surface area contributed by atoms with E-state index >= 15 is 0 Å². The number of ether oxygens (including phenoxy) is 1. The van der Waals surface area contributed by atoms with Crippen LogP contribution >= 0.6 is 0 Å². The van der Waals surface area contributed by atoms with Gasteiger partial charge >= 0.3 is 6.18 Å². The molecule has 0 aromatic heterocycles. The third-order valence-corrected chi connectivity index (χ3v) is 5.37. The van der Waals surface area contributed by atoms with E-state index in [1.54, 1.807) is 0 Å². The SMILES string of the molecule is CCC(=O)N(c1ccccc1)C1CCN(CCOc2cccc(C(F)(F)F)c2)CC1. The summed E-state index contributed by atoms with van der Waals surface area (Å²) in [6, 6.07) is 14.8. The molecule has 162 valence electrons. The standard InChI is InChI=1S/C23H27F3N2O2/c1-2-22(29)28(19-8-4-3-5-9-19)20-11-13-27(14-12-20)15-16-30-21-10-6-7-18(17-21)23(24,25)26/h3-10,17,20H,2,11-16H2,1H3. The van der Waals surface area contributed by atoms with Crippen molar-refractivity contribution in [2.75, 3.05) is 31.1 Å². The molecule has 0 radical (unpaired) electrons. The Hall–Kier alpha value is -2.54. The Balaban J connectivity index is 1.50. The quantitative estimate of drug-likeness (QED) is 0.633. The van der Waals surface area contributed by atoms with Crippen LogP contribution in [-0.4, -0.2) is 43.1 Å². The first kappa shape index (κ1) is 22.2. The van der Waals surface area contributed by atoms with Crippen LogP contribution in [-0.2, 0) is 11.0 Å². The van der Waals surface area contributed by atoms with Gasteiger partial charge in [0.25, 0.3) is 0 Å². The lowest BCUT2D eigenvalue weighted by molar-refractivity contribution is -0.137. The number of carbonyl (C=O) groups excluding carboxylic acids is 1. The summed E-state index contributed by atoms with van der Waals surface area (Å²) in [5.74, 6) is 0.344. The number of halogens is 3. The molecule has 2 aromatic rings. The second-order valence-corrected chi connectivity index (χ2v) is 7.40. The molecule has 0 saturated carbocycles. The normalized spacial score (nSPS) is 15.7. The van der Waals surface area contributed by atoms with Crippen LogP contribution in [0.3, 0.4) is 0 Å². The number of hydrogen-bond donors (Lipinski definition) is 0. The van der Waals surface area contributed by atoms with Crippen molar-refractivity contribution in [1.82, 2.24) is 4.90 Å². The summed E-state index contributed by atoms with van der Waals surface area (Å²) in [6.45, 7) is 4.46. The van der Waals surface area contributed by atoms with Crippen molar-refractivity contribution in [3.8, 4) is 5.75 Å². The van der Waals surface area contributed by atoms with Crippen LogP contribution in [0, 0.1) is 0 Å². The van der Waals surface area contributed by atoms with Gasteiger partial charge in [0.1, 0.15) is 12.4 Å². The Bertz CT molecular complexity index is 819. The maximum atomic E-state index is 12.8. The van der Waals surface area contributed by atoms with Gasteiger partial charge in [-0.15, -0.1) is 0 Å². The van der Waals surface area contributed by atoms with Crippen LogP contribution < -0.4 is 9.64 Å². The summed E-state index contributed by atoms with van der Waals surface area (Å²) in [4.78, 5) is 16.7.